The predicted molar refractivity (Wildman–Crippen MR) is 104 cm³/mol. The number of aromatic nitrogens is 1. The fraction of sp³-hybridized carbons (Fsp3) is 0.150. The van der Waals surface area contributed by atoms with Crippen LogP contribution in [0.4, 0.5) is 14.5 Å². The number of fused-ring (bicyclic) bond motifs is 2. The second kappa shape index (κ2) is 6.39. The average Bonchev–Trinajstić information content (AvgIpc) is 2.82. The number of halogens is 3. The van der Waals surface area contributed by atoms with Crippen LogP contribution in [0.1, 0.15) is 17.7 Å². The normalized spacial score (nSPS) is 14.0. The number of pyridine rings is 1. The molecule has 0 aliphatic carbocycles. The number of aromatic hydroxyl groups is 1. The van der Waals surface area contributed by atoms with Crippen molar-refractivity contribution in [3.05, 3.63) is 58.8 Å². The lowest BCUT2D eigenvalue weighted by Gasteiger charge is -2.16. The van der Waals surface area contributed by atoms with Crippen LogP contribution in [0.25, 0.3) is 27.7 Å². The molecule has 2 aromatic carbocycles. The lowest BCUT2D eigenvalue weighted by atomic mass is 9.97. The minimum absolute atomic E-state index is 0.0747. The second-order valence-corrected chi connectivity index (χ2v) is 6.85. The van der Waals surface area contributed by atoms with Crippen LogP contribution in [0, 0.1) is 11.6 Å². The van der Waals surface area contributed by atoms with Crippen molar-refractivity contribution >= 4 is 33.8 Å². The van der Waals surface area contributed by atoms with Gasteiger partial charge in [-0.2, -0.15) is 0 Å². The van der Waals surface area contributed by atoms with Crippen LogP contribution in [-0.2, 0) is 6.42 Å². The van der Waals surface area contributed by atoms with Crippen molar-refractivity contribution < 1.29 is 13.9 Å². The Kier molecular flexibility index (Phi) is 4.15. The largest absolute Gasteiger partial charge is 0.508 e. The fourth-order valence-corrected chi connectivity index (χ4v) is 3.75. The summed E-state index contributed by atoms with van der Waals surface area (Å²) in [5.74, 6) is -1.51. The van der Waals surface area contributed by atoms with E-state index in [0.717, 1.165) is 6.42 Å². The van der Waals surface area contributed by atoms with Gasteiger partial charge in [0.25, 0.3) is 0 Å². The van der Waals surface area contributed by atoms with E-state index in [-0.39, 0.29) is 33.1 Å². The summed E-state index contributed by atoms with van der Waals surface area (Å²) in [7, 11) is 0. The van der Waals surface area contributed by atoms with Gasteiger partial charge in [0.2, 0.25) is 0 Å². The van der Waals surface area contributed by atoms with Gasteiger partial charge in [-0.05, 0) is 36.4 Å². The molecule has 2 heterocycles. The maximum Gasteiger partial charge on any atom is 0.173 e. The standard InChI is InChI=1S/C20H16ClF2N3O/c1-9-15-14(3-2-6-25-9)26-20(18(23)19(15)24)12-8-11(27)7-10-4-5-13(22)17(21)16(10)12/h4-5,7-8,25,27H,1-3,6H2,(H2,24,26). The van der Waals surface area contributed by atoms with E-state index in [1.807, 2.05) is 0 Å². The highest BCUT2D eigenvalue weighted by molar-refractivity contribution is 6.37. The number of phenolic OH excluding ortho intramolecular Hbond substituents is 1. The first-order valence-corrected chi connectivity index (χ1v) is 8.78. The first-order valence-electron chi connectivity index (χ1n) is 8.40. The Labute approximate surface area is 159 Å². The zero-order valence-corrected chi connectivity index (χ0v) is 15.0. The number of nitrogens with two attached hydrogens (primary N) is 1. The molecular formula is C20H16ClF2N3O. The van der Waals surface area contributed by atoms with Gasteiger partial charge in [0, 0.05) is 28.8 Å². The molecule has 4 rings (SSSR count). The zero-order valence-electron chi connectivity index (χ0n) is 14.2. The number of hydrogen-bond acceptors (Lipinski definition) is 4. The quantitative estimate of drug-likeness (QED) is 0.569. The summed E-state index contributed by atoms with van der Waals surface area (Å²) >= 11 is 6.16. The Balaban J connectivity index is 2.08. The summed E-state index contributed by atoms with van der Waals surface area (Å²) in [6.07, 6.45) is 1.36. The molecular weight excluding hydrogens is 372 g/mol. The van der Waals surface area contributed by atoms with Crippen molar-refractivity contribution in [1.82, 2.24) is 10.3 Å². The topological polar surface area (TPSA) is 71.2 Å². The smallest absolute Gasteiger partial charge is 0.173 e. The van der Waals surface area contributed by atoms with Gasteiger partial charge < -0.3 is 16.2 Å². The highest BCUT2D eigenvalue weighted by Gasteiger charge is 2.24. The Morgan fingerprint density at radius 2 is 2.04 bits per heavy atom. The lowest BCUT2D eigenvalue weighted by Crippen LogP contribution is -2.13. The van der Waals surface area contributed by atoms with Gasteiger partial charge in [-0.3, -0.25) is 0 Å². The number of nitrogens with zero attached hydrogens (tertiary/aromatic N) is 1. The number of aryl methyl sites for hydroxylation is 1. The third kappa shape index (κ3) is 2.77. The third-order valence-electron chi connectivity index (χ3n) is 4.73. The van der Waals surface area contributed by atoms with Gasteiger partial charge in [0.15, 0.2) is 5.82 Å². The second-order valence-electron chi connectivity index (χ2n) is 6.47. The highest BCUT2D eigenvalue weighted by atomic mass is 35.5. The van der Waals surface area contributed by atoms with E-state index in [4.69, 9.17) is 17.3 Å². The molecule has 4 N–H and O–H groups in total. The molecule has 7 heteroatoms. The van der Waals surface area contributed by atoms with Crippen molar-refractivity contribution in [3.63, 3.8) is 0 Å². The number of hydrogen-bond donors (Lipinski definition) is 3. The van der Waals surface area contributed by atoms with E-state index in [9.17, 15) is 9.50 Å². The number of nitrogens with one attached hydrogen (secondary N) is 1. The SMILES string of the molecule is C=C1NCCCc2nc(-c3cc(O)cc4ccc(F)c(Cl)c34)c(F)c(N)c21. The lowest BCUT2D eigenvalue weighted by molar-refractivity contribution is 0.476. The van der Waals surface area contributed by atoms with Crippen LogP contribution in [0.5, 0.6) is 5.75 Å². The molecule has 0 saturated carbocycles. The molecule has 0 bridgehead atoms. The van der Waals surface area contributed by atoms with E-state index in [0.29, 0.717) is 35.3 Å². The maximum absolute atomic E-state index is 15.2. The van der Waals surface area contributed by atoms with Gasteiger partial charge in [0.1, 0.15) is 17.3 Å². The molecule has 0 atom stereocenters. The molecule has 0 spiro atoms. The van der Waals surface area contributed by atoms with E-state index < -0.39 is 11.6 Å². The third-order valence-corrected chi connectivity index (χ3v) is 5.10. The van der Waals surface area contributed by atoms with Crippen LogP contribution in [0.15, 0.2) is 30.8 Å². The van der Waals surface area contributed by atoms with E-state index in [1.54, 1.807) is 0 Å². The Bertz CT molecular complexity index is 1110. The number of anilines is 1. The Morgan fingerprint density at radius 3 is 2.81 bits per heavy atom. The van der Waals surface area contributed by atoms with E-state index in [2.05, 4.69) is 16.9 Å². The minimum Gasteiger partial charge on any atom is -0.508 e. The van der Waals surface area contributed by atoms with E-state index in [1.165, 1.54) is 24.3 Å². The summed E-state index contributed by atoms with van der Waals surface area (Å²) in [5.41, 5.74) is 7.66. The monoisotopic (exact) mass is 387 g/mol. The minimum atomic E-state index is -0.758. The highest BCUT2D eigenvalue weighted by Crippen LogP contribution is 2.41. The van der Waals surface area contributed by atoms with Crippen molar-refractivity contribution in [3.8, 4) is 17.0 Å². The van der Waals surface area contributed by atoms with Crippen molar-refractivity contribution in [2.24, 2.45) is 0 Å². The van der Waals surface area contributed by atoms with Crippen LogP contribution in [0.2, 0.25) is 5.02 Å². The summed E-state index contributed by atoms with van der Waals surface area (Å²) in [6, 6.07) is 5.41. The molecule has 1 aromatic heterocycles. The van der Waals surface area contributed by atoms with Crippen LogP contribution < -0.4 is 11.1 Å². The molecule has 1 aliphatic heterocycles. The summed E-state index contributed by atoms with van der Waals surface area (Å²) in [4.78, 5) is 4.47. The molecule has 27 heavy (non-hydrogen) atoms. The molecule has 0 saturated heterocycles. The van der Waals surface area contributed by atoms with Crippen molar-refractivity contribution in [2.45, 2.75) is 12.8 Å². The molecule has 138 valence electrons. The first kappa shape index (κ1) is 17.5. The zero-order chi connectivity index (χ0) is 19.3. The van der Waals surface area contributed by atoms with Gasteiger partial charge >= 0.3 is 0 Å². The number of benzene rings is 2. The number of nitrogen functional groups attached to an aromatic ring is 1. The fourth-order valence-electron chi connectivity index (χ4n) is 3.48. The van der Waals surface area contributed by atoms with Gasteiger partial charge in [0.05, 0.1) is 16.4 Å². The predicted octanol–water partition coefficient (Wildman–Crippen LogP) is 4.63. The number of rotatable bonds is 1. The van der Waals surface area contributed by atoms with Crippen LogP contribution in [0.3, 0.4) is 0 Å². The first-order chi connectivity index (χ1) is 12.9. The molecule has 1 aliphatic rings. The summed E-state index contributed by atoms with van der Waals surface area (Å²) < 4.78 is 29.2. The Morgan fingerprint density at radius 1 is 1.26 bits per heavy atom. The van der Waals surface area contributed by atoms with E-state index >= 15 is 4.39 Å². The molecule has 0 radical (unpaired) electrons. The summed E-state index contributed by atoms with van der Waals surface area (Å²) in [6.45, 7) is 4.58. The van der Waals surface area contributed by atoms with Crippen LogP contribution in [-0.4, -0.2) is 16.6 Å². The molecule has 0 fully saturated rings. The van der Waals surface area contributed by atoms with Crippen molar-refractivity contribution in [1.29, 1.82) is 0 Å². The van der Waals surface area contributed by atoms with Crippen molar-refractivity contribution in [2.75, 3.05) is 12.3 Å². The summed E-state index contributed by atoms with van der Waals surface area (Å²) in [5, 5.41) is 13.7. The van der Waals surface area contributed by atoms with Gasteiger partial charge in [-0.1, -0.05) is 24.2 Å². The molecule has 3 aromatic rings. The average molecular weight is 388 g/mol. The Hall–Kier alpha value is -2.86. The van der Waals surface area contributed by atoms with Crippen LogP contribution >= 0.6 is 11.6 Å². The van der Waals surface area contributed by atoms with Gasteiger partial charge in [-0.15, -0.1) is 0 Å². The molecule has 4 nitrogen and oxygen atoms in total. The molecule has 0 unspecified atom stereocenters. The molecule has 0 amide bonds. The maximum atomic E-state index is 15.2. The van der Waals surface area contributed by atoms with Gasteiger partial charge in [-0.25, -0.2) is 13.8 Å². The number of phenols is 1.